The molecular weight excluding hydrogens is 262 g/mol. The average molecular weight is 281 g/mol. The minimum Gasteiger partial charge on any atom is -0.353 e. The quantitative estimate of drug-likeness (QED) is 0.736. The molecule has 0 saturated carbocycles. The molecule has 0 N–H and O–H groups in total. The highest BCUT2D eigenvalue weighted by molar-refractivity contribution is 8.22. The monoisotopic (exact) mass is 281 g/mol. The molecule has 1 atom stereocenters. The van der Waals surface area contributed by atoms with E-state index in [-0.39, 0.29) is 11.8 Å². The molecule has 1 aliphatic rings. The molecule has 0 spiro atoms. The topological polar surface area (TPSA) is 37.4 Å². The minimum atomic E-state index is -2.82. The van der Waals surface area contributed by atoms with E-state index in [0.29, 0.717) is 5.75 Å². The third-order valence-electron chi connectivity index (χ3n) is 2.81. The summed E-state index contributed by atoms with van der Waals surface area (Å²) in [7, 11) is -2.82. The number of unbranched alkanes of at least 4 members (excludes halogenated alkanes) is 1. The van der Waals surface area contributed by atoms with Crippen LogP contribution in [-0.4, -0.2) is 48.0 Å². The highest BCUT2D eigenvalue weighted by Crippen LogP contribution is 2.21. The molecule has 1 fully saturated rings. The fraction of sp³-hybridized carbons (Fsp3) is 0.900. The molecule has 0 aliphatic carbocycles. The molecule has 16 heavy (non-hydrogen) atoms. The van der Waals surface area contributed by atoms with Gasteiger partial charge in [0.2, 0.25) is 0 Å². The van der Waals surface area contributed by atoms with E-state index in [2.05, 4.69) is 11.8 Å². The summed E-state index contributed by atoms with van der Waals surface area (Å²) >= 11 is 6.83. The van der Waals surface area contributed by atoms with Gasteiger partial charge in [-0.3, -0.25) is 0 Å². The second kappa shape index (κ2) is 6.21. The molecule has 0 bridgehead atoms. The van der Waals surface area contributed by atoms with Gasteiger partial charge in [-0.25, -0.2) is 8.42 Å². The molecule has 1 rings (SSSR count). The molecule has 0 aromatic rings. The molecule has 1 aliphatic heterocycles. The highest BCUT2D eigenvalue weighted by atomic mass is 32.2. The Morgan fingerprint density at radius 1 is 1.56 bits per heavy atom. The molecule has 3 nitrogen and oxygen atoms in total. The Hall–Kier alpha value is 0.190. The Bertz CT molecular complexity index is 340. The third kappa shape index (κ3) is 3.89. The van der Waals surface area contributed by atoms with Crippen molar-refractivity contribution in [3.05, 3.63) is 0 Å². The van der Waals surface area contributed by atoms with E-state index < -0.39 is 9.84 Å². The zero-order valence-corrected chi connectivity index (χ0v) is 12.3. The highest BCUT2D eigenvalue weighted by Gasteiger charge is 2.32. The van der Waals surface area contributed by atoms with Crippen molar-refractivity contribution in [3.63, 3.8) is 0 Å². The van der Waals surface area contributed by atoms with Crippen molar-refractivity contribution < 1.29 is 8.42 Å². The standard InChI is InChI=1S/C10H19NO2S3/c1-3-4-6-11(10(14)15-2)9-5-7-16(12,13)8-9/h9H,3-8H2,1-2H3/t9-/m0/s1. The Balaban J connectivity index is 2.66. The zero-order valence-electron chi connectivity index (χ0n) is 9.81. The number of hydrogen-bond acceptors (Lipinski definition) is 4. The fourth-order valence-corrected chi connectivity index (χ4v) is 4.34. The van der Waals surface area contributed by atoms with Crippen LogP contribution in [0.1, 0.15) is 26.2 Å². The molecule has 1 saturated heterocycles. The number of thiocarbonyl (C=S) groups is 1. The van der Waals surface area contributed by atoms with Crippen LogP contribution in [0.15, 0.2) is 0 Å². The van der Waals surface area contributed by atoms with Gasteiger partial charge >= 0.3 is 0 Å². The lowest BCUT2D eigenvalue weighted by Gasteiger charge is -2.29. The molecule has 0 aromatic carbocycles. The normalized spacial score (nSPS) is 23.2. The maximum Gasteiger partial charge on any atom is 0.152 e. The summed E-state index contributed by atoms with van der Waals surface area (Å²) in [6.45, 7) is 3.02. The zero-order chi connectivity index (χ0) is 12.2. The maximum absolute atomic E-state index is 11.5. The van der Waals surface area contributed by atoms with Crippen molar-refractivity contribution in [3.8, 4) is 0 Å². The van der Waals surface area contributed by atoms with Crippen LogP contribution in [0.2, 0.25) is 0 Å². The van der Waals surface area contributed by atoms with E-state index in [4.69, 9.17) is 12.2 Å². The number of hydrogen-bond donors (Lipinski definition) is 0. The summed E-state index contributed by atoms with van der Waals surface area (Å²) in [5, 5.41) is 0. The number of nitrogens with zero attached hydrogens (tertiary/aromatic N) is 1. The van der Waals surface area contributed by atoms with Crippen molar-refractivity contribution in [2.24, 2.45) is 0 Å². The van der Waals surface area contributed by atoms with E-state index in [1.165, 1.54) is 11.8 Å². The molecule has 94 valence electrons. The van der Waals surface area contributed by atoms with Gasteiger partial charge in [0.25, 0.3) is 0 Å². The molecule has 6 heteroatoms. The predicted molar refractivity (Wildman–Crippen MR) is 74.8 cm³/mol. The van der Waals surface area contributed by atoms with Crippen LogP contribution in [0.4, 0.5) is 0 Å². The van der Waals surface area contributed by atoms with Crippen LogP contribution in [-0.2, 0) is 9.84 Å². The molecule has 1 heterocycles. The van der Waals surface area contributed by atoms with Gasteiger partial charge in [0.05, 0.1) is 11.5 Å². The van der Waals surface area contributed by atoms with Gasteiger partial charge in [-0.05, 0) is 19.1 Å². The van der Waals surface area contributed by atoms with Crippen molar-refractivity contribution in [2.75, 3.05) is 24.3 Å². The molecule has 0 radical (unpaired) electrons. The molecular formula is C10H19NO2S3. The Morgan fingerprint density at radius 3 is 2.69 bits per heavy atom. The number of sulfone groups is 1. The molecule has 0 unspecified atom stereocenters. The SMILES string of the molecule is CCCCN(C(=S)SC)[C@H]1CCS(=O)(=O)C1. The van der Waals surface area contributed by atoms with Crippen LogP contribution < -0.4 is 0 Å². The van der Waals surface area contributed by atoms with Gasteiger partial charge in [-0.1, -0.05) is 25.6 Å². The lowest BCUT2D eigenvalue weighted by molar-refractivity contribution is 0.339. The number of thioether (sulfide) groups is 1. The smallest absolute Gasteiger partial charge is 0.152 e. The average Bonchev–Trinajstić information content (AvgIpc) is 2.59. The first kappa shape index (κ1) is 14.3. The maximum atomic E-state index is 11.5. The first-order chi connectivity index (χ1) is 7.50. The van der Waals surface area contributed by atoms with Crippen LogP contribution >= 0.6 is 24.0 Å². The summed E-state index contributed by atoms with van der Waals surface area (Å²) < 4.78 is 23.7. The second-order valence-electron chi connectivity index (χ2n) is 4.07. The van der Waals surface area contributed by atoms with Gasteiger partial charge < -0.3 is 4.90 Å². The van der Waals surface area contributed by atoms with Crippen LogP contribution in [0.25, 0.3) is 0 Å². The van der Waals surface area contributed by atoms with E-state index in [1.54, 1.807) is 0 Å². The summed E-state index contributed by atoms with van der Waals surface area (Å²) in [4.78, 5) is 2.11. The Kier molecular flexibility index (Phi) is 5.53. The summed E-state index contributed by atoms with van der Waals surface area (Å²) in [6.07, 6.45) is 4.85. The summed E-state index contributed by atoms with van der Waals surface area (Å²) in [5.74, 6) is 0.592. The Labute approximate surface area is 108 Å². The Morgan fingerprint density at radius 2 is 2.25 bits per heavy atom. The van der Waals surface area contributed by atoms with E-state index in [1.807, 2.05) is 6.26 Å². The largest absolute Gasteiger partial charge is 0.353 e. The van der Waals surface area contributed by atoms with Gasteiger partial charge in [-0.2, -0.15) is 0 Å². The van der Waals surface area contributed by atoms with E-state index in [0.717, 1.165) is 30.1 Å². The summed E-state index contributed by atoms with van der Waals surface area (Å²) in [5.41, 5.74) is 0. The first-order valence-corrected chi connectivity index (χ1v) is 9.00. The van der Waals surface area contributed by atoms with Gasteiger partial charge in [0.15, 0.2) is 9.84 Å². The number of rotatable bonds is 4. The van der Waals surface area contributed by atoms with Crippen LogP contribution in [0, 0.1) is 0 Å². The first-order valence-electron chi connectivity index (χ1n) is 5.55. The van der Waals surface area contributed by atoms with Crippen molar-refractivity contribution in [2.45, 2.75) is 32.2 Å². The minimum absolute atomic E-state index is 0.108. The third-order valence-corrected chi connectivity index (χ3v) is 5.88. The van der Waals surface area contributed by atoms with Gasteiger partial charge in [0, 0.05) is 12.6 Å². The van der Waals surface area contributed by atoms with Gasteiger partial charge in [-0.15, -0.1) is 11.8 Å². The molecule has 0 amide bonds. The van der Waals surface area contributed by atoms with Crippen molar-refractivity contribution >= 4 is 38.1 Å². The summed E-state index contributed by atoms with van der Waals surface area (Å²) in [6, 6.07) is 0.108. The molecule has 0 aromatic heterocycles. The van der Waals surface area contributed by atoms with Crippen molar-refractivity contribution in [1.29, 1.82) is 0 Å². The van der Waals surface area contributed by atoms with Gasteiger partial charge in [0.1, 0.15) is 4.32 Å². The van der Waals surface area contributed by atoms with Crippen molar-refractivity contribution in [1.82, 2.24) is 4.90 Å². The van der Waals surface area contributed by atoms with E-state index >= 15 is 0 Å². The predicted octanol–water partition coefficient (Wildman–Crippen LogP) is 1.92. The van der Waals surface area contributed by atoms with Crippen LogP contribution in [0.5, 0.6) is 0 Å². The van der Waals surface area contributed by atoms with Crippen LogP contribution in [0.3, 0.4) is 0 Å². The second-order valence-corrected chi connectivity index (χ2v) is 7.74. The lowest BCUT2D eigenvalue weighted by Crippen LogP contribution is -2.39. The van der Waals surface area contributed by atoms with E-state index in [9.17, 15) is 8.42 Å². The fourth-order valence-electron chi connectivity index (χ4n) is 1.89. The lowest BCUT2D eigenvalue weighted by atomic mass is 10.2.